The van der Waals surface area contributed by atoms with Gasteiger partial charge in [-0.15, -0.1) is 0 Å². The number of nitrogens with zero attached hydrogens (tertiary/aromatic N) is 1. The minimum Gasteiger partial charge on any atom is -0.496 e. The average Bonchev–Trinajstić information content (AvgIpc) is 2.15. The molecule has 0 aliphatic heterocycles. The van der Waals surface area contributed by atoms with Gasteiger partial charge in [0.05, 0.1) is 25.5 Å². The maximum absolute atomic E-state index is 12.6. The number of hydrogen-bond donors (Lipinski definition) is 0. The second kappa shape index (κ2) is 4.21. The average molecular weight is 203 g/mol. The van der Waals surface area contributed by atoms with Crippen LogP contribution in [0.5, 0.6) is 11.6 Å². The standard InChI is InChI=1S/C9H11F2NO2/c1-5-8(9(10)11)6(13-2)4-7(12-5)14-3/h4,9H,1-3H3. The smallest absolute Gasteiger partial charge is 0.269 e. The van der Waals surface area contributed by atoms with Gasteiger partial charge in [0.2, 0.25) is 5.88 Å². The van der Waals surface area contributed by atoms with E-state index in [9.17, 15) is 8.78 Å². The fourth-order valence-corrected chi connectivity index (χ4v) is 1.16. The van der Waals surface area contributed by atoms with Crippen LogP contribution in [0.4, 0.5) is 8.78 Å². The molecule has 5 heteroatoms. The Morgan fingerprint density at radius 1 is 1.29 bits per heavy atom. The first-order valence-electron chi connectivity index (χ1n) is 3.97. The van der Waals surface area contributed by atoms with Crippen LogP contribution < -0.4 is 9.47 Å². The minimum atomic E-state index is -2.59. The Morgan fingerprint density at radius 3 is 2.36 bits per heavy atom. The first-order chi connectivity index (χ1) is 6.60. The molecule has 0 amide bonds. The molecule has 0 saturated heterocycles. The van der Waals surface area contributed by atoms with Gasteiger partial charge in [-0.1, -0.05) is 0 Å². The highest BCUT2D eigenvalue weighted by atomic mass is 19.3. The normalized spacial score (nSPS) is 10.4. The fourth-order valence-electron chi connectivity index (χ4n) is 1.16. The number of hydrogen-bond acceptors (Lipinski definition) is 3. The molecule has 3 nitrogen and oxygen atoms in total. The van der Waals surface area contributed by atoms with Gasteiger partial charge < -0.3 is 9.47 Å². The van der Waals surface area contributed by atoms with Crippen LogP contribution in [0.2, 0.25) is 0 Å². The molecule has 78 valence electrons. The molecule has 1 aromatic heterocycles. The van der Waals surface area contributed by atoms with Crippen molar-refractivity contribution in [2.75, 3.05) is 14.2 Å². The molecule has 0 fully saturated rings. The Labute approximate surface area is 80.7 Å². The molecule has 1 aromatic rings. The van der Waals surface area contributed by atoms with Crippen LogP contribution in [0, 0.1) is 6.92 Å². The summed E-state index contributed by atoms with van der Waals surface area (Å²) in [6.45, 7) is 1.49. The molecule has 0 atom stereocenters. The quantitative estimate of drug-likeness (QED) is 0.755. The van der Waals surface area contributed by atoms with Crippen LogP contribution in [-0.4, -0.2) is 19.2 Å². The zero-order valence-corrected chi connectivity index (χ0v) is 8.17. The summed E-state index contributed by atoms with van der Waals surface area (Å²) in [4.78, 5) is 3.84. The molecule has 0 aliphatic rings. The topological polar surface area (TPSA) is 31.4 Å². The van der Waals surface area contributed by atoms with Crippen molar-refractivity contribution in [3.05, 3.63) is 17.3 Å². The molecule has 0 spiro atoms. The molecular formula is C9H11F2NO2. The first-order valence-corrected chi connectivity index (χ1v) is 3.97. The summed E-state index contributed by atoms with van der Waals surface area (Å²) < 4.78 is 34.8. The van der Waals surface area contributed by atoms with Gasteiger partial charge in [-0.25, -0.2) is 13.8 Å². The monoisotopic (exact) mass is 203 g/mol. The van der Waals surface area contributed by atoms with Crippen molar-refractivity contribution in [2.24, 2.45) is 0 Å². The van der Waals surface area contributed by atoms with Gasteiger partial charge >= 0.3 is 0 Å². The molecule has 0 N–H and O–H groups in total. The summed E-state index contributed by atoms with van der Waals surface area (Å²) in [7, 11) is 2.75. The van der Waals surface area contributed by atoms with E-state index in [0.717, 1.165) is 0 Å². The predicted molar refractivity (Wildman–Crippen MR) is 47.0 cm³/mol. The van der Waals surface area contributed by atoms with Crippen molar-refractivity contribution in [1.29, 1.82) is 0 Å². The molecule has 0 radical (unpaired) electrons. The lowest BCUT2D eigenvalue weighted by Crippen LogP contribution is -2.00. The zero-order chi connectivity index (χ0) is 10.7. The van der Waals surface area contributed by atoms with Crippen molar-refractivity contribution in [3.8, 4) is 11.6 Å². The number of ether oxygens (including phenoxy) is 2. The molecular weight excluding hydrogens is 192 g/mol. The van der Waals surface area contributed by atoms with Crippen LogP contribution >= 0.6 is 0 Å². The van der Waals surface area contributed by atoms with E-state index in [1.807, 2.05) is 0 Å². The molecule has 1 heterocycles. The van der Waals surface area contributed by atoms with E-state index in [4.69, 9.17) is 9.47 Å². The molecule has 1 rings (SSSR count). The van der Waals surface area contributed by atoms with Crippen molar-refractivity contribution >= 4 is 0 Å². The van der Waals surface area contributed by atoms with Crippen LogP contribution in [0.15, 0.2) is 6.07 Å². The lowest BCUT2D eigenvalue weighted by atomic mass is 10.2. The van der Waals surface area contributed by atoms with Gasteiger partial charge in [-0.05, 0) is 6.92 Å². The van der Waals surface area contributed by atoms with Crippen molar-refractivity contribution in [2.45, 2.75) is 13.3 Å². The van der Waals surface area contributed by atoms with E-state index in [0.29, 0.717) is 0 Å². The van der Waals surface area contributed by atoms with Gasteiger partial charge in [0.25, 0.3) is 6.43 Å². The number of pyridine rings is 1. The predicted octanol–water partition coefficient (Wildman–Crippen LogP) is 2.34. The summed E-state index contributed by atoms with van der Waals surface area (Å²) in [5, 5.41) is 0. The van der Waals surface area contributed by atoms with Crippen LogP contribution in [0.1, 0.15) is 17.7 Å². The van der Waals surface area contributed by atoms with Crippen molar-refractivity contribution in [1.82, 2.24) is 4.98 Å². The summed E-state index contributed by atoms with van der Waals surface area (Å²) in [5.41, 5.74) is 0.0319. The van der Waals surface area contributed by atoms with E-state index in [2.05, 4.69) is 4.98 Å². The second-order valence-electron chi connectivity index (χ2n) is 2.67. The Balaban J connectivity index is 3.27. The summed E-state index contributed by atoms with van der Waals surface area (Å²) in [5.74, 6) is 0.369. The molecule has 0 aromatic carbocycles. The van der Waals surface area contributed by atoms with Gasteiger partial charge in [0.15, 0.2) is 0 Å². The number of methoxy groups -OCH3 is 2. The van der Waals surface area contributed by atoms with E-state index >= 15 is 0 Å². The Hall–Kier alpha value is -1.39. The number of halogens is 2. The van der Waals surface area contributed by atoms with Gasteiger partial charge in [-0.3, -0.25) is 0 Å². The summed E-state index contributed by atoms with van der Waals surface area (Å²) in [6, 6.07) is 1.34. The molecule has 0 unspecified atom stereocenters. The molecule has 0 saturated carbocycles. The van der Waals surface area contributed by atoms with Crippen LogP contribution in [-0.2, 0) is 0 Å². The maximum Gasteiger partial charge on any atom is 0.269 e. The van der Waals surface area contributed by atoms with E-state index in [-0.39, 0.29) is 22.9 Å². The summed E-state index contributed by atoms with van der Waals surface area (Å²) in [6.07, 6.45) is -2.59. The maximum atomic E-state index is 12.6. The largest absolute Gasteiger partial charge is 0.496 e. The summed E-state index contributed by atoms with van der Waals surface area (Å²) >= 11 is 0. The van der Waals surface area contributed by atoms with Crippen LogP contribution in [0.25, 0.3) is 0 Å². The molecule has 14 heavy (non-hydrogen) atoms. The minimum absolute atomic E-state index is 0.101. The van der Waals surface area contributed by atoms with Crippen molar-refractivity contribution in [3.63, 3.8) is 0 Å². The molecule has 0 bridgehead atoms. The fraction of sp³-hybridized carbons (Fsp3) is 0.444. The Kier molecular flexibility index (Phi) is 3.22. The van der Waals surface area contributed by atoms with E-state index in [1.54, 1.807) is 0 Å². The third-order valence-electron chi connectivity index (χ3n) is 1.83. The zero-order valence-electron chi connectivity index (χ0n) is 8.17. The molecule has 0 aliphatic carbocycles. The van der Waals surface area contributed by atoms with Crippen LogP contribution in [0.3, 0.4) is 0 Å². The van der Waals surface area contributed by atoms with E-state index < -0.39 is 6.43 Å². The third-order valence-corrected chi connectivity index (χ3v) is 1.83. The lowest BCUT2D eigenvalue weighted by molar-refractivity contribution is 0.145. The highest BCUT2D eigenvalue weighted by Gasteiger charge is 2.19. The van der Waals surface area contributed by atoms with Gasteiger partial charge in [-0.2, -0.15) is 0 Å². The van der Waals surface area contributed by atoms with E-state index in [1.165, 1.54) is 27.2 Å². The van der Waals surface area contributed by atoms with Gasteiger partial charge in [0, 0.05) is 6.07 Å². The lowest BCUT2D eigenvalue weighted by Gasteiger charge is -2.11. The first kappa shape index (κ1) is 10.7. The number of aromatic nitrogens is 1. The SMILES string of the molecule is COc1cc(OC)c(C(F)F)c(C)n1. The Morgan fingerprint density at radius 2 is 1.93 bits per heavy atom. The third kappa shape index (κ3) is 1.92. The van der Waals surface area contributed by atoms with Gasteiger partial charge in [0.1, 0.15) is 5.75 Å². The highest BCUT2D eigenvalue weighted by Crippen LogP contribution is 2.33. The highest BCUT2D eigenvalue weighted by molar-refractivity contribution is 5.40. The number of rotatable bonds is 3. The number of alkyl halides is 2. The second-order valence-corrected chi connectivity index (χ2v) is 2.67. The van der Waals surface area contributed by atoms with Crippen molar-refractivity contribution < 1.29 is 18.3 Å². The number of aryl methyl sites for hydroxylation is 1. The Bertz CT molecular complexity index is 329.